The first-order chi connectivity index (χ1) is 8.91. The Bertz CT molecular complexity index is 547. The van der Waals surface area contributed by atoms with Crippen LogP contribution in [0.15, 0.2) is 12.1 Å². The van der Waals surface area contributed by atoms with Crippen LogP contribution in [0, 0.1) is 5.82 Å². The Morgan fingerprint density at radius 1 is 1.42 bits per heavy atom. The summed E-state index contributed by atoms with van der Waals surface area (Å²) in [7, 11) is 0. The number of carbonyl (C=O) groups is 2. The van der Waals surface area contributed by atoms with Gasteiger partial charge in [0.05, 0.1) is 16.9 Å². The fourth-order valence-corrected chi connectivity index (χ4v) is 2.34. The van der Waals surface area contributed by atoms with E-state index in [4.69, 9.17) is 16.6 Å². The maximum atomic E-state index is 13.7. The van der Waals surface area contributed by atoms with Crippen molar-refractivity contribution in [1.82, 2.24) is 0 Å². The molecule has 0 aromatic heterocycles. The lowest BCUT2D eigenvalue weighted by Gasteiger charge is -2.26. The van der Waals surface area contributed by atoms with Gasteiger partial charge in [-0.05, 0) is 18.9 Å². The zero-order chi connectivity index (χ0) is 14.2. The summed E-state index contributed by atoms with van der Waals surface area (Å²) >= 11 is 0. The van der Waals surface area contributed by atoms with E-state index in [1.54, 1.807) is 4.90 Å². The van der Waals surface area contributed by atoms with Crippen molar-refractivity contribution < 1.29 is 19.1 Å². The number of primary amides is 1. The lowest BCUT2D eigenvalue weighted by molar-refractivity contribution is -0.119. The van der Waals surface area contributed by atoms with Crippen LogP contribution in [0.3, 0.4) is 0 Å². The van der Waals surface area contributed by atoms with Gasteiger partial charge in [0, 0.05) is 12.6 Å². The van der Waals surface area contributed by atoms with Gasteiger partial charge in [0.15, 0.2) is 0 Å². The number of halogens is 1. The normalized spacial score (nSPS) is 18.6. The zero-order valence-electron chi connectivity index (χ0n) is 10.1. The Kier molecular flexibility index (Phi) is 3.28. The third kappa shape index (κ3) is 2.31. The lowest BCUT2D eigenvalue weighted by Crippen LogP contribution is -2.40. The standard InChI is InChI=1S/C12H14FN3O3/c13-7-5-10(8(14)4-6(7)12(18)19)16-3-1-2-9(16)11(15)17/h4-5,9H,1-3,14H2,(H2,15,17)(H,18,19). The molecule has 1 atom stereocenters. The first-order valence-corrected chi connectivity index (χ1v) is 5.80. The minimum atomic E-state index is -1.39. The van der Waals surface area contributed by atoms with Gasteiger partial charge in [-0.2, -0.15) is 0 Å². The van der Waals surface area contributed by atoms with Gasteiger partial charge in [0.2, 0.25) is 5.91 Å². The van der Waals surface area contributed by atoms with E-state index in [1.165, 1.54) is 0 Å². The summed E-state index contributed by atoms with van der Waals surface area (Å²) in [5.41, 5.74) is 11.0. The minimum Gasteiger partial charge on any atom is -0.478 e. The smallest absolute Gasteiger partial charge is 0.338 e. The molecule has 1 saturated heterocycles. The second-order valence-electron chi connectivity index (χ2n) is 4.45. The second kappa shape index (κ2) is 4.75. The third-order valence-electron chi connectivity index (χ3n) is 3.24. The number of nitrogen functional groups attached to an aromatic ring is 1. The van der Waals surface area contributed by atoms with Crippen LogP contribution in [-0.4, -0.2) is 29.6 Å². The number of carboxylic acids is 1. The minimum absolute atomic E-state index is 0.118. The Labute approximate surface area is 108 Å². The number of anilines is 2. The molecule has 0 radical (unpaired) electrons. The number of benzene rings is 1. The van der Waals surface area contributed by atoms with E-state index in [2.05, 4.69) is 0 Å². The van der Waals surface area contributed by atoms with E-state index in [0.29, 0.717) is 18.7 Å². The van der Waals surface area contributed by atoms with Crippen LogP contribution >= 0.6 is 0 Å². The van der Waals surface area contributed by atoms with Crippen LogP contribution in [-0.2, 0) is 4.79 Å². The number of rotatable bonds is 3. The number of nitrogens with zero attached hydrogens (tertiary/aromatic N) is 1. The summed E-state index contributed by atoms with van der Waals surface area (Å²) in [6.45, 7) is 0.531. The van der Waals surface area contributed by atoms with Gasteiger partial charge in [-0.1, -0.05) is 0 Å². The van der Waals surface area contributed by atoms with E-state index in [-0.39, 0.29) is 5.69 Å². The quantitative estimate of drug-likeness (QED) is 0.693. The van der Waals surface area contributed by atoms with E-state index < -0.39 is 29.3 Å². The molecule has 1 fully saturated rings. The Hall–Kier alpha value is -2.31. The second-order valence-corrected chi connectivity index (χ2v) is 4.45. The van der Waals surface area contributed by atoms with Crippen molar-refractivity contribution in [3.63, 3.8) is 0 Å². The number of amides is 1. The Balaban J connectivity index is 2.43. The molecule has 19 heavy (non-hydrogen) atoms. The molecule has 1 aromatic carbocycles. The number of nitrogens with two attached hydrogens (primary N) is 2. The number of carbonyl (C=O) groups excluding carboxylic acids is 1. The summed E-state index contributed by atoms with van der Waals surface area (Å²) in [5, 5.41) is 8.80. The average molecular weight is 267 g/mol. The van der Waals surface area contributed by atoms with Crippen LogP contribution in [0.4, 0.5) is 15.8 Å². The highest BCUT2D eigenvalue weighted by molar-refractivity contribution is 5.92. The van der Waals surface area contributed by atoms with Crippen molar-refractivity contribution in [3.05, 3.63) is 23.5 Å². The molecule has 0 aliphatic carbocycles. The first kappa shape index (κ1) is 13.1. The summed E-state index contributed by atoms with van der Waals surface area (Å²) < 4.78 is 13.7. The van der Waals surface area contributed by atoms with Gasteiger partial charge in [-0.3, -0.25) is 4.79 Å². The molecule has 1 aromatic rings. The molecule has 2 rings (SSSR count). The van der Waals surface area contributed by atoms with E-state index in [1.807, 2.05) is 0 Å². The van der Waals surface area contributed by atoms with Crippen LogP contribution in [0.2, 0.25) is 0 Å². The van der Waals surface area contributed by atoms with Crippen LogP contribution < -0.4 is 16.4 Å². The van der Waals surface area contributed by atoms with Crippen molar-refractivity contribution in [2.75, 3.05) is 17.2 Å². The van der Waals surface area contributed by atoms with Gasteiger partial charge in [0.1, 0.15) is 11.9 Å². The van der Waals surface area contributed by atoms with Crippen molar-refractivity contribution >= 4 is 23.3 Å². The van der Waals surface area contributed by atoms with E-state index >= 15 is 0 Å². The molecule has 0 saturated carbocycles. The highest BCUT2D eigenvalue weighted by atomic mass is 19.1. The van der Waals surface area contributed by atoms with Crippen LogP contribution in [0.1, 0.15) is 23.2 Å². The van der Waals surface area contributed by atoms with Crippen molar-refractivity contribution in [3.8, 4) is 0 Å². The molecule has 6 nitrogen and oxygen atoms in total. The van der Waals surface area contributed by atoms with Crippen molar-refractivity contribution in [1.29, 1.82) is 0 Å². The average Bonchev–Trinajstić information content (AvgIpc) is 2.80. The maximum absolute atomic E-state index is 13.7. The van der Waals surface area contributed by atoms with Gasteiger partial charge in [0.25, 0.3) is 0 Å². The fourth-order valence-electron chi connectivity index (χ4n) is 2.34. The number of hydrogen-bond donors (Lipinski definition) is 3. The summed E-state index contributed by atoms with van der Waals surface area (Å²) in [5.74, 6) is -2.77. The molecular formula is C12H14FN3O3. The van der Waals surface area contributed by atoms with Crippen molar-refractivity contribution in [2.24, 2.45) is 5.73 Å². The van der Waals surface area contributed by atoms with E-state index in [0.717, 1.165) is 18.6 Å². The Morgan fingerprint density at radius 2 is 2.11 bits per heavy atom. The zero-order valence-corrected chi connectivity index (χ0v) is 10.1. The molecule has 1 unspecified atom stereocenters. The predicted octanol–water partition coefficient (Wildman–Crippen LogP) is 0.560. The van der Waals surface area contributed by atoms with Gasteiger partial charge in [-0.15, -0.1) is 0 Å². The van der Waals surface area contributed by atoms with Crippen LogP contribution in [0.5, 0.6) is 0 Å². The largest absolute Gasteiger partial charge is 0.478 e. The molecule has 7 heteroatoms. The number of hydrogen-bond acceptors (Lipinski definition) is 4. The van der Waals surface area contributed by atoms with Gasteiger partial charge in [-0.25, -0.2) is 9.18 Å². The lowest BCUT2D eigenvalue weighted by atomic mass is 10.1. The van der Waals surface area contributed by atoms with Gasteiger partial charge < -0.3 is 21.5 Å². The SMILES string of the molecule is NC(=O)C1CCCN1c1cc(F)c(C(=O)O)cc1N. The number of carboxylic acid groups (broad SMARTS) is 1. The maximum Gasteiger partial charge on any atom is 0.338 e. The summed E-state index contributed by atoms with van der Waals surface area (Å²) in [4.78, 5) is 23.7. The van der Waals surface area contributed by atoms with Crippen LogP contribution in [0.25, 0.3) is 0 Å². The van der Waals surface area contributed by atoms with Crippen molar-refractivity contribution in [2.45, 2.75) is 18.9 Å². The monoisotopic (exact) mass is 267 g/mol. The molecule has 1 amide bonds. The van der Waals surface area contributed by atoms with E-state index in [9.17, 15) is 14.0 Å². The first-order valence-electron chi connectivity index (χ1n) is 5.80. The Morgan fingerprint density at radius 3 is 2.68 bits per heavy atom. The predicted molar refractivity (Wildman–Crippen MR) is 67.3 cm³/mol. The molecule has 1 aliphatic heterocycles. The summed E-state index contributed by atoms with van der Waals surface area (Å²) in [6.07, 6.45) is 1.33. The fraction of sp³-hybridized carbons (Fsp3) is 0.333. The molecule has 102 valence electrons. The van der Waals surface area contributed by atoms with Gasteiger partial charge >= 0.3 is 5.97 Å². The molecule has 1 heterocycles. The molecule has 0 spiro atoms. The molecule has 0 bridgehead atoms. The third-order valence-corrected chi connectivity index (χ3v) is 3.24. The highest BCUT2D eigenvalue weighted by Crippen LogP contribution is 2.32. The topological polar surface area (TPSA) is 110 Å². The highest BCUT2D eigenvalue weighted by Gasteiger charge is 2.31. The molecular weight excluding hydrogens is 253 g/mol. The summed E-state index contributed by atoms with van der Waals surface area (Å²) in [6, 6.07) is 1.57. The molecule has 5 N–H and O–H groups in total. The molecule has 1 aliphatic rings. The number of aromatic carboxylic acids is 1.